The minimum absolute atomic E-state index is 0.398. The van der Waals surface area contributed by atoms with Crippen molar-refractivity contribution in [1.29, 1.82) is 0 Å². The van der Waals surface area contributed by atoms with Gasteiger partial charge in [0.15, 0.2) is 0 Å². The van der Waals surface area contributed by atoms with Crippen LogP contribution in [-0.4, -0.2) is 4.57 Å². The summed E-state index contributed by atoms with van der Waals surface area (Å²) in [5.41, 5.74) is 1.30. The molecule has 0 aliphatic heterocycles. The summed E-state index contributed by atoms with van der Waals surface area (Å²) in [7, 11) is 0. The molecule has 0 fully saturated rings. The molecule has 0 N–H and O–H groups in total. The topological polar surface area (TPSA) is 4.93 Å². The van der Waals surface area contributed by atoms with E-state index in [9.17, 15) is 0 Å². The van der Waals surface area contributed by atoms with Crippen molar-refractivity contribution in [2.45, 2.75) is 6.04 Å². The monoisotopic (exact) mass is 181 g/mol. The maximum Gasteiger partial charge on any atom is 0.0706 e. The van der Waals surface area contributed by atoms with E-state index in [2.05, 4.69) is 65.4 Å². The molecule has 0 bridgehead atoms. The summed E-state index contributed by atoms with van der Waals surface area (Å²) in [5, 5.41) is 1.31. The molecule has 0 spiro atoms. The molecule has 1 heterocycles. The molecule has 68 valence electrons. The van der Waals surface area contributed by atoms with Gasteiger partial charge in [0.25, 0.3) is 0 Å². The largest absolute Gasteiger partial charge is 0.337 e. The number of para-hydroxylation sites is 1. The fraction of sp³-hybridized carbons (Fsp3) is 0.0769. The maximum absolute atomic E-state index is 2.29. The van der Waals surface area contributed by atoms with E-state index in [-0.39, 0.29) is 0 Å². The highest BCUT2D eigenvalue weighted by molar-refractivity contribution is 5.80. The maximum atomic E-state index is 2.29. The Hall–Kier alpha value is -1.76. The average molecular weight is 181 g/mol. The van der Waals surface area contributed by atoms with E-state index >= 15 is 0 Å². The zero-order valence-corrected chi connectivity index (χ0v) is 7.80. The molecule has 0 atom stereocenters. The van der Waals surface area contributed by atoms with E-state index < -0.39 is 0 Å². The second-order valence-electron chi connectivity index (χ2n) is 3.54. The predicted molar refractivity (Wildman–Crippen MR) is 59.3 cm³/mol. The number of rotatable bonds is 1. The molecule has 0 unspecified atom stereocenters. The molecule has 1 heteroatoms. The van der Waals surface area contributed by atoms with Crippen LogP contribution in [0.2, 0.25) is 0 Å². The first-order chi connectivity index (χ1) is 6.95. The van der Waals surface area contributed by atoms with Crippen LogP contribution >= 0.6 is 0 Å². The summed E-state index contributed by atoms with van der Waals surface area (Å²) in [4.78, 5) is 0. The fourth-order valence-corrected chi connectivity index (χ4v) is 1.97. The van der Waals surface area contributed by atoms with Gasteiger partial charge < -0.3 is 4.57 Å². The zero-order valence-electron chi connectivity index (χ0n) is 7.80. The third-order valence-electron chi connectivity index (χ3n) is 2.68. The first-order valence-corrected chi connectivity index (χ1v) is 4.86. The number of hydrogen-bond acceptors (Lipinski definition) is 0. The Kier molecular flexibility index (Phi) is 1.57. The van der Waals surface area contributed by atoms with Crippen molar-refractivity contribution < 1.29 is 0 Å². The number of fused-ring (bicyclic) bond motifs is 1. The summed E-state index contributed by atoms with van der Waals surface area (Å²) >= 11 is 0. The van der Waals surface area contributed by atoms with E-state index in [1.807, 2.05) is 0 Å². The Morgan fingerprint density at radius 1 is 0.929 bits per heavy atom. The summed E-state index contributed by atoms with van der Waals surface area (Å²) in [6, 6.07) is 11.0. The van der Waals surface area contributed by atoms with Crippen LogP contribution in [0, 0.1) is 0 Å². The lowest BCUT2D eigenvalue weighted by molar-refractivity contribution is 0.763. The van der Waals surface area contributed by atoms with Gasteiger partial charge in [-0.25, -0.2) is 0 Å². The van der Waals surface area contributed by atoms with Gasteiger partial charge in [0.05, 0.1) is 6.04 Å². The molecule has 1 aromatic heterocycles. The highest BCUT2D eigenvalue weighted by atomic mass is 15.0. The minimum atomic E-state index is 0.398. The van der Waals surface area contributed by atoms with Crippen LogP contribution in [0.25, 0.3) is 10.9 Å². The van der Waals surface area contributed by atoms with Crippen LogP contribution in [0.1, 0.15) is 6.04 Å². The predicted octanol–water partition coefficient (Wildman–Crippen LogP) is 3.31. The molecule has 1 nitrogen and oxygen atoms in total. The van der Waals surface area contributed by atoms with Gasteiger partial charge in [0.2, 0.25) is 0 Å². The van der Waals surface area contributed by atoms with Crippen molar-refractivity contribution in [1.82, 2.24) is 4.57 Å². The molecule has 3 rings (SSSR count). The molecule has 0 amide bonds. The standard InChI is InChI=1S/C13H11N/c1-4-8-13-11(5-1)9-10-14(13)12-6-2-3-7-12/h1-10,12H. The lowest BCUT2D eigenvalue weighted by atomic mass is 10.2. The molecule has 2 aromatic rings. The van der Waals surface area contributed by atoms with Gasteiger partial charge in [-0.05, 0) is 17.5 Å². The summed E-state index contributed by atoms with van der Waals surface area (Å²) in [5.74, 6) is 0. The quantitative estimate of drug-likeness (QED) is 0.636. The summed E-state index contributed by atoms with van der Waals surface area (Å²) in [6.07, 6.45) is 10.7. The summed E-state index contributed by atoms with van der Waals surface area (Å²) < 4.78 is 2.29. The highest BCUT2D eigenvalue weighted by Crippen LogP contribution is 2.23. The molecular weight excluding hydrogens is 170 g/mol. The highest BCUT2D eigenvalue weighted by Gasteiger charge is 2.08. The normalized spacial score (nSPS) is 15.7. The van der Waals surface area contributed by atoms with Gasteiger partial charge in [-0.15, -0.1) is 0 Å². The number of allylic oxidation sites excluding steroid dienone is 4. The lowest BCUT2D eigenvalue weighted by Crippen LogP contribution is -1.99. The van der Waals surface area contributed by atoms with Crippen LogP contribution in [0.4, 0.5) is 0 Å². The summed E-state index contributed by atoms with van der Waals surface area (Å²) in [6.45, 7) is 0. The van der Waals surface area contributed by atoms with Gasteiger partial charge in [0, 0.05) is 11.7 Å². The van der Waals surface area contributed by atoms with Gasteiger partial charge >= 0.3 is 0 Å². The average Bonchev–Trinajstić information content (AvgIpc) is 2.85. The third-order valence-corrected chi connectivity index (χ3v) is 2.68. The number of benzene rings is 1. The van der Waals surface area contributed by atoms with Crippen LogP contribution in [0.3, 0.4) is 0 Å². The Balaban J connectivity index is 2.21. The first-order valence-electron chi connectivity index (χ1n) is 4.86. The molecule has 1 aliphatic rings. The Labute approximate surface area is 83.0 Å². The van der Waals surface area contributed by atoms with E-state index in [1.54, 1.807) is 0 Å². The van der Waals surface area contributed by atoms with Crippen molar-refractivity contribution in [2.24, 2.45) is 0 Å². The second-order valence-corrected chi connectivity index (χ2v) is 3.54. The van der Waals surface area contributed by atoms with E-state index in [0.29, 0.717) is 6.04 Å². The van der Waals surface area contributed by atoms with Gasteiger partial charge in [0.1, 0.15) is 0 Å². The van der Waals surface area contributed by atoms with Crippen LogP contribution in [0.5, 0.6) is 0 Å². The van der Waals surface area contributed by atoms with E-state index in [0.717, 1.165) is 0 Å². The molecule has 14 heavy (non-hydrogen) atoms. The molecule has 0 saturated carbocycles. The molecule has 1 aliphatic carbocycles. The van der Waals surface area contributed by atoms with E-state index in [4.69, 9.17) is 0 Å². The lowest BCUT2D eigenvalue weighted by Gasteiger charge is -2.09. The second kappa shape index (κ2) is 2.88. The van der Waals surface area contributed by atoms with Crippen LogP contribution in [0.15, 0.2) is 60.8 Å². The molecule has 0 saturated heterocycles. The fourth-order valence-electron chi connectivity index (χ4n) is 1.97. The Morgan fingerprint density at radius 3 is 2.57 bits per heavy atom. The van der Waals surface area contributed by atoms with Crippen molar-refractivity contribution in [3.8, 4) is 0 Å². The molecular formula is C13H11N. The third kappa shape index (κ3) is 1.02. The van der Waals surface area contributed by atoms with Gasteiger partial charge in [-0.1, -0.05) is 42.5 Å². The van der Waals surface area contributed by atoms with E-state index in [1.165, 1.54) is 10.9 Å². The van der Waals surface area contributed by atoms with Gasteiger partial charge in [-0.2, -0.15) is 0 Å². The number of nitrogens with zero attached hydrogens (tertiary/aromatic N) is 1. The molecule has 1 aromatic carbocycles. The van der Waals surface area contributed by atoms with Crippen LogP contribution in [-0.2, 0) is 0 Å². The SMILES string of the molecule is C1=CC(n2ccc3ccccc32)C=C1. The zero-order chi connectivity index (χ0) is 9.38. The van der Waals surface area contributed by atoms with Crippen molar-refractivity contribution >= 4 is 10.9 Å². The first kappa shape index (κ1) is 7.63. The minimum Gasteiger partial charge on any atom is -0.337 e. The molecule has 0 radical (unpaired) electrons. The number of aromatic nitrogens is 1. The van der Waals surface area contributed by atoms with Crippen molar-refractivity contribution in [2.75, 3.05) is 0 Å². The Morgan fingerprint density at radius 2 is 1.71 bits per heavy atom. The van der Waals surface area contributed by atoms with Crippen LogP contribution < -0.4 is 0 Å². The van der Waals surface area contributed by atoms with Gasteiger partial charge in [-0.3, -0.25) is 0 Å². The van der Waals surface area contributed by atoms with Crippen molar-refractivity contribution in [3.05, 3.63) is 60.8 Å². The Bertz CT molecular complexity index is 505. The van der Waals surface area contributed by atoms with Crippen molar-refractivity contribution in [3.63, 3.8) is 0 Å². The smallest absolute Gasteiger partial charge is 0.0706 e. The number of hydrogen-bond donors (Lipinski definition) is 0.